The molecule has 0 nitrogen and oxygen atoms in total. The van der Waals surface area contributed by atoms with Crippen LogP contribution in [0, 0.1) is 13.8 Å². The Morgan fingerprint density at radius 2 is 1.56 bits per heavy atom. The maximum absolute atomic E-state index is 4.15. The summed E-state index contributed by atoms with van der Waals surface area (Å²) in [5.41, 5.74) is 11.1. The molecule has 4 rings (SSSR count). The molecule has 0 aliphatic heterocycles. The van der Waals surface area contributed by atoms with E-state index in [2.05, 4.69) is 95.8 Å². The lowest BCUT2D eigenvalue weighted by Crippen LogP contribution is -2.24. The van der Waals surface area contributed by atoms with Crippen molar-refractivity contribution in [1.29, 1.82) is 0 Å². The van der Waals surface area contributed by atoms with Crippen molar-refractivity contribution in [3.63, 3.8) is 0 Å². The van der Waals surface area contributed by atoms with Crippen molar-refractivity contribution in [1.82, 2.24) is 0 Å². The predicted octanol–water partition coefficient (Wildman–Crippen LogP) is 5.16. The molecule has 1 aliphatic rings. The van der Waals surface area contributed by atoms with Gasteiger partial charge in [-0.2, -0.15) is 0 Å². The van der Waals surface area contributed by atoms with Crippen molar-refractivity contribution < 1.29 is 0 Å². The van der Waals surface area contributed by atoms with Crippen LogP contribution in [-0.2, 0) is 11.8 Å². The van der Waals surface area contributed by atoms with E-state index in [1.807, 2.05) is 0 Å². The minimum atomic E-state index is 0.133. The minimum absolute atomic E-state index is 0.133. The first kappa shape index (κ1) is 17.8. The number of hydrogen-bond acceptors (Lipinski definition) is 0. The molecule has 0 N–H and O–H groups in total. The molecule has 1 aliphatic carbocycles. The fourth-order valence-electron chi connectivity index (χ4n) is 4.15. The van der Waals surface area contributed by atoms with E-state index in [0.29, 0.717) is 0 Å². The Morgan fingerprint density at radius 3 is 2.30 bits per heavy atom. The zero-order chi connectivity index (χ0) is 19.3. The summed E-state index contributed by atoms with van der Waals surface area (Å²) >= 11 is 0. The Balaban J connectivity index is 2.12. The van der Waals surface area contributed by atoms with Gasteiger partial charge in [-0.25, -0.2) is 0 Å². The van der Waals surface area contributed by atoms with E-state index in [1.54, 1.807) is 0 Å². The van der Waals surface area contributed by atoms with Crippen LogP contribution in [0.2, 0.25) is 0 Å². The normalized spacial score (nSPS) is 13.3. The van der Waals surface area contributed by atoms with E-state index >= 15 is 0 Å². The summed E-state index contributed by atoms with van der Waals surface area (Å²) in [6.45, 7) is 15.4. The van der Waals surface area contributed by atoms with E-state index < -0.39 is 0 Å². The van der Waals surface area contributed by atoms with Crippen LogP contribution in [-0.4, -0.2) is 0 Å². The summed E-state index contributed by atoms with van der Waals surface area (Å²) in [4.78, 5) is 0. The van der Waals surface area contributed by atoms with Gasteiger partial charge in [-0.3, -0.25) is 0 Å². The molecule has 0 heterocycles. The van der Waals surface area contributed by atoms with Crippen LogP contribution < -0.4 is 10.4 Å². The molecule has 136 valence electrons. The molecule has 0 bridgehead atoms. The van der Waals surface area contributed by atoms with Gasteiger partial charge in [-0.15, -0.1) is 0 Å². The summed E-state index contributed by atoms with van der Waals surface area (Å²) in [5, 5.41) is 2.44. The third-order valence-electron chi connectivity index (χ3n) is 5.72. The Bertz CT molecular complexity index is 1150. The first-order valence-corrected chi connectivity index (χ1v) is 9.77. The summed E-state index contributed by atoms with van der Waals surface area (Å²) in [5.74, 6) is 0. The van der Waals surface area contributed by atoms with Gasteiger partial charge in [-0.05, 0) is 75.1 Å². The smallest absolute Gasteiger partial charge is 0.00131 e. The molecule has 0 aromatic heterocycles. The maximum atomic E-state index is 4.15. The molecule has 3 aromatic rings. The van der Waals surface area contributed by atoms with Gasteiger partial charge < -0.3 is 0 Å². The summed E-state index contributed by atoms with van der Waals surface area (Å²) in [7, 11) is 0. The molecule has 27 heavy (non-hydrogen) atoms. The highest BCUT2D eigenvalue weighted by Gasteiger charge is 2.22. The van der Waals surface area contributed by atoms with Gasteiger partial charge >= 0.3 is 0 Å². The molecule has 0 amide bonds. The fourth-order valence-corrected chi connectivity index (χ4v) is 4.15. The molecule has 3 aromatic carbocycles. The SMILES string of the molecule is C=c1ccc2c(c1)Cc1cc(C)ccc1C=2c1cc(C(C)(C)C)ccc1C. The number of hydrogen-bond donors (Lipinski definition) is 0. The third-order valence-corrected chi connectivity index (χ3v) is 5.72. The molecule has 0 heteroatoms. The van der Waals surface area contributed by atoms with Crippen LogP contribution in [0.4, 0.5) is 0 Å². The lowest BCUT2D eigenvalue weighted by Gasteiger charge is -2.25. The van der Waals surface area contributed by atoms with Gasteiger partial charge in [-0.1, -0.05) is 87.5 Å². The largest absolute Gasteiger partial charge is 0.0918 e. The molecule has 0 atom stereocenters. The Kier molecular flexibility index (Phi) is 4.11. The van der Waals surface area contributed by atoms with E-state index in [1.165, 1.54) is 49.7 Å². The van der Waals surface area contributed by atoms with Gasteiger partial charge in [0.05, 0.1) is 0 Å². The number of rotatable bonds is 1. The predicted molar refractivity (Wildman–Crippen MR) is 117 cm³/mol. The second-order valence-electron chi connectivity index (χ2n) is 8.98. The van der Waals surface area contributed by atoms with Gasteiger partial charge in [0.1, 0.15) is 0 Å². The van der Waals surface area contributed by atoms with Gasteiger partial charge in [0.15, 0.2) is 0 Å². The zero-order valence-corrected chi connectivity index (χ0v) is 17.1. The first-order valence-electron chi connectivity index (χ1n) is 9.77. The van der Waals surface area contributed by atoms with Crippen molar-refractivity contribution in [3.05, 3.63) is 104 Å². The highest BCUT2D eigenvalue weighted by molar-refractivity contribution is 5.85. The van der Waals surface area contributed by atoms with Gasteiger partial charge in [0.25, 0.3) is 0 Å². The van der Waals surface area contributed by atoms with Crippen molar-refractivity contribution in [2.24, 2.45) is 0 Å². The van der Waals surface area contributed by atoms with Gasteiger partial charge in [0, 0.05) is 0 Å². The molecule has 0 unspecified atom stereocenters. The number of benzene rings is 3. The molecule has 0 saturated heterocycles. The molecular formula is C27H28. The monoisotopic (exact) mass is 352 g/mol. The second-order valence-corrected chi connectivity index (χ2v) is 8.98. The number of fused-ring (bicyclic) bond motifs is 2. The van der Waals surface area contributed by atoms with Crippen LogP contribution in [0.15, 0.2) is 54.6 Å². The lowest BCUT2D eigenvalue weighted by atomic mass is 9.79. The van der Waals surface area contributed by atoms with Crippen molar-refractivity contribution in [2.75, 3.05) is 0 Å². The van der Waals surface area contributed by atoms with E-state index in [4.69, 9.17) is 0 Å². The quantitative estimate of drug-likeness (QED) is 0.444. The number of aryl methyl sites for hydroxylation is 2. The van der Waals surface area contributed by atoms with Crippen LogP contribution >= 0.6 is 0 Å². The van der Waals surface area contributed by atoms with Crippen LogP contribution in [0.3, 0.4) is 0 Å². The second kappa shape index (κ2) is 6.23. The highest BCUT2D eigenvalue weighted by atomic mass is 14.3. The van der Waals surface area contributed by atoms with E-state index in [-0.39, 0.29) is 5.41 Å². The zero-order valence-electron chi connectivity index (χ0n) is 17.1. The molecule has 0 fully saturated rings. The van der Waals surface area contributed by atoms with Gasteiger partial charge in [0.2, 0.25) is 0 Å². The average molecular weight is 353 g/mol. The minimum Gasteiger partial charge on any atom is -0.0918 e. The van der Waals surface area contributed by atoms with Crippen LogP contribution in [0.1, 0.15) is 59.7 Å². The average Bonchev–Trinajstić information content (AvgIpc) is 2.59. The van der Waals surface area contributed by atoms with E-state index in [0.717, 1.165) is 11.6 Å². The molecule has 0 saturated carbocycles. The standard InChI is InChI=1S/C27H28/c1-17-7-11-23-20(13-17)15-21-14-18(2)8-12-24(21)26(23)25-16-22(27(4,5)6)10-9-19(25)3/h7-14,16H,1,15H2,2-6H3. The van der Waals surface area contributed by atoms with Crippen molar-refractivity contribution in [3.8, 4) is 0 Å². The Morgan fingerprint density at radius 1 is 0.778 bits per heavy atom. The molecular weight excluding hydrogens is 324 g/mol. The molecule has 0 spiro atoms. The first-order chi connectivity index (χ1) is 12.7. The fraction of sp³-hybridized carbons (Fsp3) is 0.259. The van der Waals surface area contributed by atoms with Crippen molar-refractivity contribution >= 4 is 12.2 Å². The lowest BCUT2D eigenvalue weighted by molar-refractivity contribution is 0.590. The summed E-state index contributed by atoms with van der Waals surface area (Å²) < 4.78 is 0. The van der Waals surface area contributed by atoms with Crippen LogP contribution in [0.25, 0.3) is 12.2 Å². The topological polar surface area (TPSA) is 0 Å². The molecule has 0 radical (unpaired) electrons. The van der Waals surface area contributed by atoms with E-state index in [9.17, 15) is 0 Å². The maximum Gasteiger partial charge on any atom is -0.00131 e. The third kappa shape index (κ3) is 3.14. The summed E-state index contributed by atoms with van der Waals surface area (Å²) in [6, 6.07) is 20.5. The summed E-state index contributed by atoms with van der Waals surface area (Å²) in [6.07, 6.45) is 0.983. The van der Waals surface area contributed by atoms with Crippen molar-refractivity contribution in [2.45, 2.75) is 46.5 Å². The van der Waals surface area contributed by atoms with Crippen LogP contribution in [0.5, 0.6) is 0 Å². The Hall–Kier alpha value is -2.60. The Labute approximate surface area is 162 Å². The highest BCUT2D eigenvalue weighted by Crippen LogP contribution is 2.34.